The van der Waals surface area contributed by atoms with Crippen LogP contribution in [0.5, 0.6) is 0 Å². The number of nitrogens with one attached hydrogen (secondary N) is 1. The predicted octanol–water partition coefficient (Wildman–Crippen LogP) is 3.24. The van der Waals surface area contributed by atoms with Crippen LogP contribution in [0.25, 0.3) is 0 Å². The zero-order valence-corrected chi connectivity index (χ0v) is 39.1. The first-order valence-electron chi connectivity index (χ1n) is 22.7. The van der Waals surface area contributed by atoms with Crippen molar-refractivity contribution in [2.24, 2.45) is 28.8 Å². The van der Waals surface area contributed by atoms with Crippen molar-refractivity contribution in [2.45, 2.75) is 161 Å². The van der Waals surface area contributed by atoms with Gasteiger partial charge in [0.25, 0.3) is 5.69 Å². The first-order chi connectivity index (χ1) is 30.2. The van der Waals surface area contributed by atoms with E-state index in [1.54, 1.807) is 44.5 Å². The van der Waals surface area contributed by atoms with Gasteiger partial charge in [0.1, 0.15) is 29.8 Å². The Kier molecular flexibility index (Phi) is 17.6. The van der Waals surface area contributed by atoms with Gasteiger partial charge in [-0.15, -0.1) is 5.10 Å². The summed E-state index contributed by atoms with van der Waals surface area (Å²) < 4.78 is 27.0. The third kappa shape index (κ3) is 12.1. The molecule has 0 spiro atoms. The Labute approximate surface area is 376 Å². The number of likely N-dealkylation sites (N-methyl/N-ethyl adjacent to an activating group) is 1. The molecule has 4 N–H and O–H groups in total. The van der Waals surface area contributed by atoms with E-state index in [9.17, 15) is 35.0 Å². The Morgan fingerprint density at radius 2 is 1.80 bits per heavy atom. The zero-order chi connectivity index (χ0) is 47.1. The number of aliphatic hydroxyl groups is 3. The number of nitro benzene ring substituents is 1. The molecule has 5 rings (SSSR count). The molecule has 2 aromatic rings. The van der Waals surface area contributed by atoms with Gasteiger partial charge in [0.15, 0.2) is 12.1 Å². The lowest BCUT2D eigenvalue weighted by molar-refractivity contribution is -0.384. The molecule has 3 saturated heterocycles. The Morgan fingerprint density at radius 1 is 1.09 bits per heavy atom. The van der Waals surface area contributed by atoms with E-state index in [1.165, 1.54) is 33.1 Å². The highest BCUT2D eigenvalue weighted by Crippen LogP contribution is 2.39. The normalized spacial score (nSPS) is 36.5. The third-order valence-electron chi connectivity index (χ3n) is 13.7. The number of carbonyl (C=O) groups is 2. The van der Waals surface area contributed by atoms with Gasteiger partial charge in [0, 0.05) is 81.7 Å². The maximum atomic E-state index is 14.4. The Hall–Kier alpha value is -3.95. The minimum absolute atomic E-state index is 0.0397. The monoisotopic (exact) mass is 902 g/mol. The van der Waals surface area contributed by atoms with Gasteiger partial charge in [-0.3, -0.25) is 24.4 Å². The molecular formula is C45H71N7O12. The van der Waals surface area contributed by atoms with Gasteiger partial charge < -0.3 is 49.3 Å². The number of aliphatic hydroxyl groups excluding tert-OH is 2. The number of carbonyl (C=O) groups excluding carboxylic acids is 2. The molecule has 19 nitrogen and oxygen atoms in total. The number of methoxy groups -OCH3 is 1. The summed E-state index contributed by atoms with van der Waals surface area (Å²) in [4.78, 5) is 46.7. The van der Waals surface area contributed by atoms with Crippen LogP contribution in [-0.2, 0) is 52.8 Å². The molecule has 358 valence electrons. The highest BCUT2D eigenvalue weighted by molar-refractivity contribution is 6.00. The number of oxime groups is 1. The number of ketones is 1. The lowest BCUT2D eigenvalue weighted by Crippen LogP contribution is -2.60. The quantitative estimate of drug-likeness (QED) is 0.0921. The van der Waals surface area contributed by atoms with Crippen LogP contribution in [0.1, 0.15) is 92.3 Å². The maximum absolute atomic E-state index is 14.4. The van der Waals surface area contributed by atoms with Gasteiger partial charge in [-0.05, 0) is 72.5 Å². The second kappa shape index (κ2) is 22.0. The molecule has 0 saturated carbocycles. The van der Waals surface area contributed by atoms with E-state index in [1.807, 2.05) is 32.0 Å². The number of Topliss-reactive ketones (excluding diaryl/α,β-unsaturated/α-hetero) is 1. The molecule has 4 heterocycles. The van der Waals surface area contributed by atoms with Gasteiger partial charge in [0.2, 0.25) is 0 Å². The van der Waals surface area contributed by atoms with Crippen LogP contribution in [0.4, 0.5) is 5.69 Å². The van der Waals surface area contributed by atoms with Gasteiger partial charge in [-0.1, -0.05) is 50.2 Å². The Morgan fingerprint density at radius 3 is 2.42 bits per heavy atom. The lowest BCUT2D eigenvalue weighted by atomic mass is 9.74. The molecule has 1 aromatic carbocycles. The van der Waals surface area contributed by atoms with Crippen LogP contribution in [0.15, 0.2) is 35.6 Å². The molecule has 0 aliphatic carbocycles. The summed E-state index contributed by atoms with van der Waals surface area (Å²) in [5, 5.41) is 63.2. The minimum Gasteiger partial charge on any atom is -0.459 e. The third-order valence-corrected chi connectivity index (χ3v) is 13.7. The first-order valence-corrected chi connectivity index (χ1v) is 22.7. The molecule has 19 heteroatoms. The number of aryl methyl sites for hydroxylation is 2. The van der Waals surface area contributed by atoms with Gasteiger partial charge in [0.05, 0.1) is 40.2 Å². The van der Waals surface area contributed by atoms with E-state index in [2.05, 4.69) is 20.8 Å². The van der Waals surface area contributed by atoms with Crippen LogP contribution < -0.4 is 5.32 Å². The van der Waals surface area contributed by atoms with Crippen molar-refractivity contribution < 1.29 is 53.6 Å². The van der Waals surface area contributed by atoms with Crippen molar-refractivity contribution in [3.8, 4) is 0 Å². The van der Waals surface area contributed by atoms with Gasteiger partial charge in [-0.2, -0.15) is 0 Å². The van der Waals surface area contributed by atoms with Gasteiger partial charge in [-0.25, -0.2) is 0 Å². The van der Waals surface area contributed by atoms with Gasteiger partial charge >= 0.3 is 5.97 Å². The number of aromatic nitrogens is 3. The Balaban J connectivity index is 1.37. The molecular weight excluding hydrogens is 831 g/mol. The SMILES string of the molecule is CC[C@H]1OC(=O)[C@H](C)C(=O)[C@H](C)[C@@H](O[C@@H]2O[C@H](C)C[C@H](N(C)CCc3cn(CCc4ccc([N+](=O)[O-])cc4)nn3)[C@H]2O)[C@](C)(OC)C[C@@H](C)/C(=N\O[C@@H]2CCNC2)[C@H](C)[C@@H](O)[C@]1(C)O. The fourth-order valence-corrected chi connectivity index (χ4v) is 9.44. The number of nitro groups is 1. The number of cyclic esters (lactones) is 1. The molecule has 64 heavy (non-hydrogen) atoms. The van der Waals surface area contributed by atoms with E-state index in [0.717, 1.165) is 24.2 Å². The van der Waals surface area contributed by atoms with Crippen LogP contribution in [-0.4, -0.2) is 152 Å². The average molecular weight is 902 g/mol. The number of non-ortho nitro benzene ring substituents is 1. The number of esters is 1. The van der Waals surface area contributed by atoms with Crippen LogP contribution >= 0.6 is 0 Å². The second-order valence-corrected chi connectivity index (χ2v) is 18.6. The number of rotatable bonds is 14. The minimum atomic E-state index is -1.92. The number of hydrogen-bond donors (Lipinski definition) is 4. The summed E-state index contributed by atoms with van der Waals surface area (Å²) in [6.45, 7) is 16.1. The van der Waals surface area contributed by atoms with Crippen molar-refractivity contribution in [3.63, 3.8) is 0 Å². The molecule has 0 unspecified atom stereocenters. The number of benzene rings is 1. The van der Waals surface area contributed by atoms with Crippen molar-refractivity contribution in [2.75, 3.05) is 33.8 Å². The fraction of sp³-hybridized carbons (Fsp3) is 0.756. The molecule has 14 atom stereocenters. The summed E-state index contributed by atoms with van der Waals surface area (Å²) in [6.07, 6.45) is -1.98. The first kappa shape index (κ1) is 51.0. The van der Waals surface area contributed by atoms with E-state index in [0.29, 0.717) is 44.6 Å². The standard InChI is InChI=1S/C45H71N7O12/c1-11-36-45(8,57)40(55)28(4)37(48-64-34-16-19-46-24-34)26(2)23-44(7,60-10)41(29(5)38(53)30(6)42(56)62-36)63-43-39(54)35(22-27(3)61-43)50(9)20-18-32-25-51(49-47-32)21-17-31-12-14-33(15-13-31)52(58)59/h12-15,25-30,34-36,39-41,43,46,54-55,57H,11,16-24H2,1-10H3/b48-37+/t26-,27-,28+,29+,30-,34-,35+,36-,39-,40-,41-,43+,44-,45-/m1/s1. The fourth-order valence-electron chi connectivity index (χ4n) is 9.44. The summed E-state index contributed by atoms with van der Waals surface area (Å²) in [6, 6.07) is 6.01. The zero-order valence-electron chi connectivity index (χ0n) is 39.1. The van der Waals surface area contributed by atoms with Crippen molar-refractivity contribution in [1.29, 1.82) is 0 Å². The number of nitrogens with zero attached hydrogens (tertiary/aromatic N) is 6. The molecule has 3 aliphatic heterocycles. The van der Waals surface area contributed by atoms with Crippen molar-refractivity contribution in [3.05, 3.63) is 51.8 Å². The Bertz CT molecular complexity index is 1890. The smallest absolute Gasteiger partial charge is 0.316 e. The molecule has 0 amide bonds. The average Bonchev–Trinajstić information content (AvgIpc) is 3.98. The highest BCUT2D eigenvalue weighted by atomic mass is 16.7. The van der Waals surface area contributed by atoms with Crippen molar-refractivity contribution >= 4 is 23.2 Å². The van der Waals surface area contributed by atoms with Crippen molar-refractivity contribution in [1.82, 2.24) is 25.2 Å². The number of ether oxygens (including phenoxy) is 4. The molecule has 3 aliphatic rings. The lowest BCUT2D eigenvalue weighted by Gasteiger charge is -2.47. The summed E-state index contributed by atoms with van der Waals surface area (Å²) in [5.74, 6) is -4.86. The predicted molar refractivity (Wildman–Crippen MR) is 235 cm³/mol. The van der Waals surface area contributed by atoms with Crippen LogP contribution in [0.3, 0.4) is 0 Å². The summed E-state index contributed by atoms with van der Waals surface area (Å²) in [7, 11) is 3.42. The summed E-state index contributed by atoms with van der Waals surface area (Å²) >= 11 is 0. The molecule has 0 bridgehead atoms. The maximum Gasteiger partial charge on any atom is 0.316 e. The molecule has 3 fully saturated rings. The highest BCUT2D eigenvalue weighted by Gasteiger charge is 2.52. The van der Waals surface area contributed by atoms with Crippen LogP contribution in [0.2, 0.25) is 0 Å². The number of hydrogen-bond acceptors (Lipinski definition) is 17. The van der Waals surface area contributed by atoms with E-state index in [4.69, 9.17) is 23.8 Å². The topological polar surface area (TPSA) is 242 Å². The molecule has 0 radical (unpaired) electrons. The molecule has 1 aromatic heterocycles. The van der Waals surface area contributed by atoms with Crippen LogP contribution in [0, 0.1) is 33.8 Å². The van der Waals surface area contributed by atoms with E-state index < -0.39 is 88.3 Å². The second-order valence-electron chi connectivity index (χ2n) is 18.6. The summed E-state index contributed by atoms with van der Waals surface area (Å²) in [5.41, 5.74) is -1.01. The van der Waals surface area contributed by atoms with E-state index >= 15 is 0 Å². The van der Waals surface area contributed by atoms with E-state index in [-0.39, 0.29) is 30.7 Å². The largest absolute Gasteiger partial charge is 0.459 e.